The monoisotopic (exact) mass is 694 g/mol. The van der Waals surface area contributed by atoms with Crippen LogP contribution in [0.5, 0.6) is 5.75 Å². The average molecular weight is 695 g/mol. The number of hydrogen-bond donors (Lipinski definition) is 7. The van der Waals surface area contributed by atoms with E-state index in [-0.39, 0.29) is 11.3 Å². The highest BCUT2D eigenvalue weighted by atomic mass is 32.1. The fourth-order valence-electron chi connectivity index (χ4n) is 7.76. The molecule has 3 aliphatic carbocycles. The van der Waals surface area contributed by atoms with Gasteiger partial charge >= 0.3 is 0 Å². The Kier molecular flexibility index (Phi) is 7.90. The Morgan fingerprint density at radius 2 is 1.60 bits per heavy atom. The van der Waals surface area contributed by atoms with Crippen LogP contribution in [0.1, 0.15) is 24.0 Å². The zero-order valence-corrected chi connectivity index (χ0v) is 28.0. The number of nitrogens with zero attached hydrogens (tertiary/aromatic N) is 2. The van der Waals surface area contributed by atoms with E-state index >= 15 is 0 Å². The minimum atomic E-state index is -2.98. The normalized spacial score (nSPS) is 26.1. The second kappa shape index (κ2) is 11.9. The topological polar surface area (TPSA) is 207 Å². The third kappa shape index (κ3) is 4.76. The summed E-state index contributed by atoms with van der Waals surface area (Å²) in [5.74, 6) is -9.43. The van der Waals surface area contributed by atoms with Gasteiger partial charge in [-0.15, -0.1) is 11.3 Å². The number of Topliss-reactive ketones (excluding diaryl/α,β-unsaturated/α-hetero) is 2. The molecule has 1 fully saturated rings. The van der Waals surface area contributed by atoms with Gasteiger partial charge in [0, 0.05) is 22.4 Å². The maximum atomic E-state index is 14.2. The number of hydrogen-bond acceptors (Lipinski definition) is 12. The van der Waals surface area contributed by atoms with Crippen molar-refractivity contribution in [3.63, 3.8) is 0 Å². The third-order valence-corrected chi connectivity index (χ3v) is 10.9. The number of aromatic nitrogens is 1. The number of primary amides is 1. The van der Waals surface area contributed by atoms with E-state index in [4.69, 9.17) is 5.73 Å². The van der Waals surface area contributed by atoms with Crippen molar-refractivity contribution in [2.75, 3.05) is 19.4 Å². The van der Waals surface area contributed by atoms with Crippen molar-refractivity contribution in [3.05, 3.63) is 100 Å². The molecule has 0 aliphatic heterocycles. The fourth-order valence-corrected chi connectivity index (χ4v) is 8.49. The summed E-state index contributed by atoms with van der Waals surface area (Å²) >= 11 is 1.29. The maximum absolute atomic E-state index is 14.2. The summed E-state index contributed by atoms with van der Waals surface area (Å²) in [5, 5.41) is 63.3. The van der Waals surface area contributed by atoms with Gasteiger partial charge < -0.3 is 36.6 Å². The van der Waals surface area contributed by atoms with E-state index in [9.17, 15) is 39.9 Å². The smallest absolute Gasteiger partial charge is 0.255 e. The van der Waals surface area contributed by atoms with E-state index in [2.05, 4.69) is 10.3 Å². The molecule has 0 radical (unpaired) electrons. The van der Waals surface area contributed by atoms with Gasteiger partial charge in [0.2, 0.25) is 5.78 Å². The van der Waals surface area contributed by atoms with Crippen LogP contribution in [-0.2, 0) is 14.4 Å². The maximum Gasteiger partial charge on any atom is 0.255 e. The molecule has 256 valence electrons. The summed E-state index contributed by atoms with van der Waals surface area (Å²) < 4.78 is 0. The lowest BCUT2D eigenvalue weighted by Crippen LogP contribution is -2.70. The molecular weight excluding hydrogens is 660 g/mol. The first-order chi connectivity index (χ1) is 23.8. The van der Waals surface area contributed by atoms with Crippen LogP contribution in [0.15, 0.2) is 89.0 Å². The highest BCUT2D eigenvalue weighted by Gasteiger charge is 2.68. The molecule has 3 aliphatic rings. The number of amides is 1. The molecule has 1 heterocycles. The van der Waals surface area contributed by atoms with Crippen LogP contribution in [0, 0.1) is 11.8 Å². The molecule has 8 N–H and O–H groups in total. The molecule has 0 unspecified atom stereocenters. The molecule has 6 atom stereocenters. The lowest BCUT2D eigenvalue weighted by molar-refractivity contribution is -0.169. The van der Waals surface area contributed by atoms with Crippen molar-refractivity contribution in [2.45, 2.75) is 30.6 Å². The van der Waals surface area contributed by atoms with Gasteiger partial charge in [0.25, 0.3) is 5.91 Å². The summed E-state index contributed by atoms with van der Waals surface area (Å²) in [6.45, 7) is 1.68. The van der Waals surface area contributed by atoms with Crippen molar-refractivity contribution < 1.29 is 39.9 Å². The first-order valence-corrected chi connectivity index (χ1v) is 16.7. The predicted molar refractivity (Wildman–Crippen MR) is 187 cm³/mol. The Balaban J connectivity index is 1.25. The van der Waals surface area contributed by atoms with Crippen molar-refractivity contribution in [1.82, 2.24) is 9.88 Å². The number of rotatable bonds is 6. The number of benzene rings is 3. The van der Waals surface area contributed by atoms with Gasteiger partial charge in [-0.1, -0.05) is 67.6 Å². The summed E-state index contributed by atoms with van der Waals surface area (Å²) in [5.41, 5.74) is 5.18. The van der Waals surface area contributed by atoms with Gasteiger partial charge in [0.15, 0.2) is 16.5 Å². The summed E-state index contributed by atoms with van der Waals surface area (Å²) in [4.78, 5) is 45.9. The van der Waals surface area contributed by atoms with E-state index in [0.29, 0.717) is 16.4 Å². The number of likely N-dealkylation sites (N-methyl/N-ethyl adjacent to an activating group) is 1. The molecular formula is C37H34N4O8S. The highest BCUT2D eigenvalue weighted by molar-refractivity contribution is 7.14. The number of carbonyl (C=O) groups is 3. The van der Waals surface area contributed by atoms with Crippen LogP contribution in [0.2, 0.25) is 0 Å². The Bertz CT molecular complexity index is 2140. The first kappa shape index (κ1) is 33.2. The van der Waals surface area contributed by atoms with Crippen LogP contribution in [0.4, 0.5) is 10.8 Å². The SMILES string of the molecule is C[C@H]1c2ccc(Nc3nc(-c4ccc(-c5ccccc5)cc4)cs3)c(O)c2C(O)=C2C(=O)[C@]3(O)C(O)=C(C(N)=O)C(=O)[C@@H](N(C)C)[C@H]3[C@H](O)[C@H]21. The largest absolute Gasteiger partial charge is 0.508 e. The summed E-state index contributed by atoms with van der Waals surface area (Å²) in [6.07, 6.45) is -1.67. The number of thiazole rings is 1. The average Bonchev–Trinajstić information content (AvgIpc) is 3.56. The van der Waals surface area contributed by atoms with Gasteiger partial charge in [-0.05, 0) is 42.8 Å². The second-order valence-corrected chi connectivity index (χ2v) is 13.9. The molecule has 1 amide bonds. The van der Waals surface area contributed by atoms with Crippen molar-refractivity contribution in [1.29, 1.82) is 0 Å². The van der Waals surface area contributed by atoms with Gasteiger partial charge in [-0.3, -0.25) is 19.3 Å². The van der Waals surface area contributed by atoms with E-state index in [1.165, 1.54) is 30.3 Å². The molecule has 7 rings (SSSR count). The Labute approximate surface area is 290 Å². The number of phenols is 1. The summed E-state index contributed by atoms with van der Waals surface area (Å²) in [6, 6.07) is 19.7. The number of fused-ring (bicyclic) bond motifs is 3. The van der Waals surface area contributed by atoms with Crippen molar-refractivity contribution in [3.8, 4) is 28.1 Å². The number of nitrogens with one attached hydrogen (secondary N) is 1. The highest BCUT2D eigenvalue weighted by Crippen LogP contribution is 2.56. The number of nitrogens with two attached hydrogens (primary N) is 1. The quantitative estimate of drug-likeness (QED) is 0.113. The van der Waals surface area contributed by atoms with E-state index in [0.717, 1.165) is 16.7 Å². The van der Waals surface area contributed by atoms with Crippen LogP contribution in [0.25, 0.3) is 28.1 Å². The Morgan fingerprint density at radius 1 is 0.960 bits per heavy atom. The van der Waals surface area contributed by atoms with Crippen molar-refractivity contribution in [2.24, 2.45) is 17.6 Å². The molecule has 13 heteroatoms. The fraction of sp³-hybridized carbons (Fsp3) is 0.243. The van der Waals surface area contributed by atoms with Crippen LogP contribution in [-0.4, -0.2) is 84.7 Å². The summed E-state index contributed by atoms with van der Waals surface area (Å²) in [7, 11) is 2.92. The molecule has 50 heavy (non-hydrogen) atoms. The second-order valence-electron chi connectivity index (χ2n) is 13.1. The van der Waals surface area contributed by atoms with E-state index in [1.54, 1.807) is 19.1 Å². The molecule has 3 aromatic carbocycles. The predicted octanol–water partition coefficient (Wildman–Crippen LogP) is 4.03. The lowest BCUT2D eigenvalue weighted by Gasteiger charge is -2.53. The zero-order valence-electron chi connectivity index (χ0n) is 27.2. The number of anilines is 2. The standard InChI is InChI=1S/C37H34N4O8S/c1-16-20-13-14-21(39-36-40-22(15-50-36)19-11-9-18(10-12-19)17-7-5-4-6-8-17)29(42)24(20)30(43)25-23(16)31(44)27-28(41(2)3)32(45)26(35(38)48)34(47)37(27,49)33(25)46/h4-16,23,27-28,31,42-44,47,49H,1-3H3,(H2,38,48)(H,39,40)/t16-,23-,27-,28-,31+,37-/m0/s1. The molecule has 1 aromatic heterocycles. The van der Waals surface area contributed by atoms with Crippen LogP contribution >= 0.6 is 11.3 Å². The third-order valence-electron chi connectivity index (χ3n) is 10.2. The minimum absolute atomic E-state index is 0.112. The number of aliphatic hydroxyl groups excluding tert-OH is 3. The number of phenolic OH excluding ortho intramolecular Hbond substituents is 1. The van der Waals surface area contributed by atoms with Crippen molar-refractivity contribution >= 4 is 45.4 Å². The van der Waals surface area contributed by atoms with Gasteiger partial charge in [-0.2, -0.15) is 0 Å². The molecule has 1 saturated carbocycles. The van der Waals surface area contributed by atoms with Gasteiger partial charge in [0.1, 0.15) is 22.8 Å². The minimum Gasteiger partial charge on any atom is -0.508 e. The van der Waals surface area contributed by atoms with Crippen LogP contribution < -0.4 is 11.1 Å². The molecule has 0 bridgehead atoms. The first-order valence-electron chi connectivity index (χ1n) is 15.8. The van der Waals surface area contributed by atoms with Crippen LogP contribution in [0.3, 0.4) is 0 Å². The Morgan fingerprint density at radius 3 is 2.24 bits per heavy atom. The number of aliphatic hydroxyl groups is 4. The lowest BCUT2D eigenvalue weighted by atomic mass is 9.54. The number of aromatic hydroxyl groups is 1. The van der Waals surface area contributed by atoms with Gasteiger partial charge in [-0.25, -0.2) is 4.98 Å². The molecule has 12 nitrogen and oxygen atoms in total. The van der Waals surface area contributed by atoms with Gasteiger partial charge in [0.05, 0.1) is 35.0 Å². The Hall–Kier alpha value is -5.34. The molecule has 0 spiro atoms. The zero-order chi connectivity index (χ0) is 35.8. The molecule has 4 aromatic rings. The van der Waals surface area contributed by atoms with E-state index < -0.39 is 81.4 Å². The molecule has 0 saturated heterocycles. The number of ketones is 2. The van der Waals surface area contributed by atoms with E-state index in [1.807, 2.05) is 60.0 Å². The number of carbonyl (C=O) groups excluding carboxylic acids is 3.